The summed E-state index contributed by atoms with van der Waals surface area (Å²) >= 11 is 3.27. The van der Waals surface area contributed by atoms with Crippen molar-refractivity contribution in [2.45, 2.75) is 13.0 Å². The Hall–Kier alpha value is -0.670. The molecule has 0 aromatic heterocycles. The molecule has 0 amide bonds. The van der Waals surface area contributed by atoms with Gasteiger partial charge in [0.25, 0.3) is 0 Å². The molecule has 1 aromatic rings. The van der Waals surface area contributed by atoms with Crippen LogP contribution in [0.4, 0.5) is 4.39 Å². The maximum Gasteiger partial charge on any atom is 0.123 e. The van der Waals surface area contributed by atoms with E-state index in [0.717, 1.165) is 10.0 Å². The lowest BCUT2D eigenvalue weighted by Gasteiger charge is -2.13. The van der Waals surface area contributed by atoms with Crippen LogP contribution in [0.5, 0.6) is 0 Å². The van der Waals surface area contributed by atoms with E-state index in [4.69, 9.17) is 0 Å². The van der Waals surface area contributed by atoms with E-state index in [1.54, 1.807) is 12.1 Å². The van der Waals surface area contributed by atoms with Gasteiger partial charge in [0.1, 0.15) is 5.82 Å². The van der Waals surface area contributed by atoms with Crippen molar-refractivity contribution < 1.29 is 4.39 Å². The number of halogens is 2. The molecule has 0 heterocycles. The fraction of sp³-hybridized carbons (Fsp3) is 0.273. The van der Waals surface area contributed by atoms with E-state index in [1.165, 1.54) is 12.1 Å². The first-order valence-electron chi connectivity index (χ1n) is 4.41. The predicted molar refractivity (Wildman–Crippen MR) is 60.9 cm³/mol. The van der Waals surface area contributed by atoms with Gasteiger partial charge >= 0.3 is 0 Å². The summed E-state index contributed by atoms with van der Waals surface area (Å²) in [5.41, 5.74) is 1.07. The average Bonchev–Trinajstić information content (AvgIpc) is 2.15. The zero-order valence-corrected chi connectivity index (χ0v) is 9.64. The highest BCUT2D eigenvalue weighted by Crippen LogP contribution is 2.13. The summed E-state index contributed by atoms with van der Waals surface area (Å²) in [6.45, 7) is 6.47. The molecule has 1 nitrogen and oxygen atoms in total. The second-order valence-electron chi connectivity index (χ2n) is 3.17. The molecule has 0 spiro atoms. The van der Waals surface area contributed by atoms with Crippen LogP contribution in [0.15, 0.2) is 35.3 Å². The molecule has 3 heteroatoms. The van der Waals surface area contributed by atoms with Crippen LogP contribution in [-0.2, 0) is 0 Å². The lowest BCUT2D eigenvalue weighted by molar-refractivity contribution is 0.604. The maximum atomic E-state index is 12.6. The molecule has 0 fully saturated rings. The molecule has 1 atom stereocenters. The van der Waals surface area contributed by atoms with Crippen molar-refractivity contribution in [1.82, 2.24) is 5.32 Å². The fourth-order valence-corrected chi connectivity index (χ4v) is 1.30. The molecular formula is C11H13BrFN. The van der Waals surface area contributed by atoms with Gasteiger partial charge in [-0.15, -0.1) is 0 Å². The highest BCUT2D eigenvalue weighted by atomic mass is 79.9. The zero-order valence-electron chi connectivity index (χ0n) is 8.06. The van der Waals surface area contributed by atoms with Gasteiger partial charge in [-0.2, -0.15) is 0 Å². The molecule has 0 radical (unpaired) electrons. The van der Waals surface area contributed by atoms with Crippen molar-refractivity contribution in [1.29, 1.82) is 0 Å². The van der Waals surface area contributed by atoms with E-state index in [9.17, 15) is 4.39 Å². The standard InChI is InChI=1S/C11H13BrFN/c1-8(12)7-14-9(2)10-3-5-11(13)6-4-10/h3-6,9,14H,1,7H2,2H3/t9-/m0/s1. The van der Waals surface area contributed by atoms with E-state index in [-0.39, 0.29) is 11.9 Å². The lowest BCUT2D eigenvalue weighted by atomic mass is 10.1. The quantitative estimate of drug-likeness (QED) is 0.872. The van der Waals surface area contributed by atoms with Crippen LogP contribution >= 0.6 is 15.9 Å². The molecule has 0 aliphatic rings. The van der Waals surface area contributed by atoms with Crippen molar-refractivity contribution in [3.63, 3.8) is 0 Å². The lowest BCUT2D eigenvalue weighted by Crippen LogP contribution is -2.19. The third kappa shape index (κ3) is 3.60. The summed E-state index contributed by atoms with van der Waals surface area (Å²) in [7, 11) is 0. The third-order valence-electron chi connectivity index (χ3n) is 1.97. The smallest absolute Gasteiger partial charge is 0.123 e. The molecule has 0 aliphatic heterocycles. The Morgan fingerprint density at radius 1 is 1.50 bits per heavy atom. The van der Waals surface area contributed by atoms with Gasteiger partial charge < -0.3 is 5.32 Å². The van der Waals surface area contributed by atoms with Gasteiger partial charge in [0.15, 0.2) is 0 Å². The average molecular weight is 258 g/mol. The molecule has 0 unspecified atom stereocenters. The van der Waals surface area contributed by atoms with Crippen LogP contribution in [-0.4, -0.2) is 6.54 Å². The van der Waals surface area contributed by atoms with Crippen LogP contribution in [0.25, 0.3) is 0 Å². The Balaban J connectivity index is 2.56. The van der Waals surface area contributed by atoms with Gasteiger partial charge in [-0.3, -0.25) is 0 Å². The van der Waals surface area contributed by atoms with Crippen LogP contribution in [0.2, 0.25) is 0 Å². The first kappa shape index (κ1) is 11.4. The number of nitrogens with one attached hydrogen (secondary N) is 1. The minimum absolute atomic E-state index is 0.199. The van der Waals surface area contributed by atoms with Crippen LogP contribution in [0.1, 0.15) is 18.5 Å². The van der Waals surface area contributed by atoms with Gasteiger partial charge in [-0.25, -0.2) is 4.39 Å². The number of rotatable bonds is 4. The van der Waals surface area contributed by atoms with Gasteiger partial charge in [-0.1, -0.05) is 34.6 Å². The van der Waals surface area contributed by atoms with Crippen LogP contribution in [0.3, 0.4) is 0 Å². The topological polar surface area (TPSA) is 12.0 Å². The molecule has 76 valence electrons. The largest absolute Gasteiger partial charge is 0.306 e. The second-order valence-corrected chi connectivity index (χ2v) is 4.29. The van der Waals surface area contributed by atoms with E-state index >= 15 is 0 Å². The highest BCUT2D eigenvalue weighted by molar-refractivity contribution is 9.11. The Labute approximate surface area is 92.1 Å². The summed E-state index contributed by atoms with van der Waals surface area (Å²) in [4.78, 5) is 0. The summed E-state index contributed by atoms with van der Waals surface area (Å²) < 4.78 is 13.5. The van der Waals surface area contributed by atoms with Gasteiger partial charge in [0.05, 0.1) is 0 Å². The molecule has 1 N–H and O–H groups in total. The molecule has 1 rings (SSSR count). The monoisotopic (exact) mass is 257 g/mol. The zero-order chi connectivity index (χ0) is 10.6. The Bertz CT molecular complexity index is 308. The molecule has 14 heavy (non-hydrogen) atoms. The van der Waals surface area contributed by atoms with E-state index in [2.05, 4.69) is 27.8 Å². The first-order valence-corrected chi connectivity index (χ1v) is 5.21. The summed E-state index contributed by atoms with van der Waals surface area (Å²) in [6.07, 6.45) is 0. The maximum absolute atomic E-state index is 12.6. The Morgan fingerprint density at radius 2 is 2.07 bits per heavy atom. The van der Waals surface area contributed by atoms with E-state index in [1.807, 2.05) is 6.92 Å². The van der Waals surface area contributed by atoms with Gasteiger partial charge in [0, 0.05) is 17.1 Å². The number of benzene rings is 1. The van der Waals surface area contributed by atoms with Crippen molar-refractivity contribution in [3.05, 3.63) is 46.7 Å². The van der Waals surface area contributed by atoms with Crippen molar-refractivity contribution >= 4 is 15.9 Å². The minimum Gasteiger partial charge on any atom is -0.306 e. The molecule has 0 bridgehead atoms. The second kappa shape index (κ2) is 5.27. The number of hydrogen-bond donors (Lipinski definition) is 1. The summed E-state index contributed by atoms with van der Waals surface area (Å²) in [5, 5.41) is 3.25. The number of hydrogen-bond acceptors (Lipinski definition) is 1. The Kier molecular flexibility index (Phi) is 4.29. The summed E-state index contributed by atoms with van der Waals surface area (Å²) in [6, 6.07) is 6.70. The van der Waals surface area contributed by atoms with Crippen LogP contribution in [0, 0.1) is 5.82 Å². The predicted octanol–water partition coefficient (Wildman–Crippen LogP) is 3.38. The fourth-order valence-electron chi connectivity index (χ4n) is 1.13. The SMILES string of the molecule is C=C(Br)CN[C@@H](C)c1ccc(F)cc1. The van der Waals surface area contributed by atoms with Gasteiger partial charge in [-0.05, 0) is 24.6 Å². The van der Waals surface area contributed by atoms with Crippen molar-refractivity contribution in [2.24, 2.45) is 0 Å². The van der Waals surface area contributed by atoms with Gasteiger partial charge in [0.2, 0.25) is 0 Å². The van der Waals surface area contributed by atoms with E-state index < -0.39 is 0 Å². The van der Waals surface area contributed by atoms with E-state index in [0.29, 0.717) is 6.54 Å². The third-order valence-corrected chi connectivity index (χ3v) is 2.25. The molecule has 0 saturated heterocycles. The summed E-state index contributed by atoms with van der Waals surface area (Å²) in [5.74, 6) is -0.203. The molecule has 0 saturated carbocycles. The van der Waals surface area contributed by atoms with Crippen LogP contribution < -0.4 is 5.32 Å². The molecule has 0 aliphatic carbocycles. The normalized spacial score (nSPS) is 12.5. The molecule has 1 aromatic carbocycles. The first-order chi connectivity index (χ1) is 6.59. The van der Waals surface area contributed by atoms with Crippen molar-refractivity contribution in [2.75, 3.05) is 6.54 Å². The minimum atomic E-state index is -0.203. The molecular weight excluding hydrogens is 245 g/mol. The van der Waals surface area contributed by atoms with Crippen molar-refractivity contribution in [3.8, 4) is 0 Å². The Morgan fingerprint density at radius 3 is 2.57 bits per heavy atom. The highest BCUT2D eigenvalue weighted by Gasteiger charge is 2.03.